The van der Waals surface area contributed by atoms with Gasteiger partial charge in [-0.3, -0.25) is 0 Å². The van der Waals surface area contributed by atoms with Gasteiger partial charge in [-0.05, 0) is 11.8 Å². The van der Waals surface area contributed by atoms with Crippen LogP contribution in [-0.4, -0.2) is 50.3 Å². The largest absolute Gasteiger partial charge is 0.463 e. The lowest BCUT2D eigenvalue weighted by Gasteiger charge is -2.07. The minimum absolute atomic E-state index is 0.173. The molecule has 0 radical (unpaired) electrons. The fourth-order valence-corrected chi connectivity index (χ4v) is 1.09. The highest BCUT2D eigenvalue weighted by Gasteiger charge is 2.10. The number of carbonyl (C=O) groups is 4. The topological polar surface area (TPSA) is 105 Å². The summed E-state index contributed by atoms with van der Waals surface area (Å²) in [5.74, 6) is -2.83. The molecule has 136 valence electrons. The summed E-state index contributed by atoms with van der Waals surface area (Å²) < 4.78 is 18.8. The molecule has 0 fully saturated rings. The third kappa shape index (κ3) is 13.3. The van der Waals surface area contributed by atoms with E-state index in [9.17, 15) is 19.2 Å². The van der Waals surface area contributed by atoms with Crippen molar-refractivity contribution in [1.29, 1.82) is 0 Å². The third-order valence-electron chi connectivity index (χ3n) is 2.18. The Kier molecular flexibility index (Phi) is 10.9. The smallest absolute Gasteiger partial charge is 0.344 e. The van der Waals surface area contributed by atoms with Crippen LogP contribution in [0.2, 0.25) is 0 Å². The number of hydrogen-bond acceptors (Lipinski definition) is 8. The molecular formula is C16H24O8. The van der Waals surface area contributed by atoms with Crippen molar-refractivity contribution in [2.45, 2.75) is 27.7 Å². The van der Waals surface area contributed by atoms with Gasteiger partial charge in [0.15, 0.2) is 13.2 Å². The predicted molar refractivity (Wildman–Crippen MR) is 82.7 cm³/mol. The van der Waals surface area contributed by atoms with E-state index in [1.54, 1.807) is 0 Å². The molecule has 0 aromatic rings. The van der Waals surface area contributed by atoms with Crippen LogP contribution in [0.25, 0.3) is 0 Å². The molecular weight excluding hydrogens is 320 g/mol. The normalized spacial score (nSPS) is 10.8. The number of ether oxygens (including phenoxy) is 4. The van der Waals surface area contributed by atoms with E-state index >= 15 is 0 Å². The molecule has 0 rings (SSSR count). The fraction of sp³-hybridized carbons (Fsp3) is 0.625. The lowest BCUT2D eigenvalue weighted by atomic mass is 10.2. The molecule has 0 bridgehead atoms. The molecule has 24 heavy (non-hydrogen) atoms. The zero-order valence-electron chi connectivity index (χ0n) is 14.4. The Bertz CT molecular complexity index is 423. The second-order valence-corrected chi connectivity index (χ2v) is 5.70. The highest BCUT2D eigenvalue weighted by molar-refractivity contribution is 5.93. The molecule has 0 unspecified atom stereocenters. The Morgan fingerprint density at radius 2 is 1.00 bits per heavy atom. The van der Waals surface area contributed by atoms with Crippen LogP contribution >= 0.6 is 0 Å². The van der Waals surface area contributed by atoms with Crippen LogP contribution in [0.1, 0.15) is 27.7 Å². The molecule has 0 aromatic carbocycles. The number of rotatable bonds is 10. The van der Waals surface area contributed by atoms with Gasteiger partial charge in [-0.1, -0.05) is 27.7 Å². The summed E-state index contributed by atoms with van der Waals surface area (Å²) >= 11 is 0. The highest BCUT2D eigenvalue weighted by Crippen LogP contribution is 1.95. The molecule has 0 aliphatic carbocycles. The van der Waals surface area contributed by atoms with Crippen molar-refractivity contribution in [2.24, 2.45) is 11.8 Å². The van der Waals surface area contributed by atoms with Gasteiger partial charge in [0.25, 0.3) is 0 Å². The summed E-state index contributed by atoms with van der Waals surface area (Å²) in [5, 5.41) is 0. The van der Waals surface area contributed by atoms with Crippen LogP contribution in [0.4, 0.5) is 0 Å². The molecule has 0 saturated carbocycles. The summed E-state index contributed by atoms with van der Waals surface area (Å²) in [6.45, 7) is 6.83. The average Bonchev–Trinajstić information content (AvgIpc) is 2.52. The maximum atomic E-state index is 11.3. The number of esters is 4. The maximum Gasteiger partial charge on any atom is 0.344 e. The van der Waals surface area contributed by atoms with Crippen molar-refractivity contribution in [3.63, 3.8) is 0 Å². The van der Waals surface area contributed by atoms with Crippen molar-refractivity contribution >= 4 is 23.9 Å². The van der Waals surface area contributed by atoms with E-state index in [1.807, 2.05) is 27.7 Å². The predicted octanol–water partition coefficient (Wildman–Crippen LogP) is 1.03. The van der Waals surface area contributed by atoms with Crippen LogP contribution in [0.3, 0.4) is 0 Å². The van der Waals surface area contributed by atoms with Crippen LogP contribution in [0.5, 0.6) is 0 Å². The first-order chi connectivity index (χ1) is 11.2. The van der Waals surface area contributed by atoms with Crippen molar-refractivity contribution < 1.29 is 38.1 Å². The maximum absolute atomic E-state index is 11.3. The van der Waals surface area contributed by atoms with E-state index in [-0.39, 0.29) is 25.0 Å². The molecule has 0 spiro atoms. The van der Waals surface area contributed by atoms with Crippen LogP contribution in [-0.2, 0) is 38.1 Å². The molecule has 0 amide bonds. The molecule has 0 aromatic heterocycles. The van der Waals surface area contributed by atoms with Crippen LogP contribution < -0.4 is 0 Å². The van der Waals surface area contributed by atoms with Crippen molar-refractivity contribution in [2.75, 3.05) is 26.4 Å². The van der Waals surface area contributed by atoms with Gasteiger partial charge in [0.2, 0.25) is 0 Å². The van der Waals surface area contributed by atoms with Gasteiger partial charge in [-0.15, -0.1) is 0 Å². The molecule has 0 heterocycles. The van der Waals surface area contributed by atoms with E-state index in [1.165, 1.54) is 0 Å². The number of carbonyl (C=O) groups excluding carboxylic acids is 4. The van der Waals surface area contributed by atoms with Gasteiger partial charge in [0.05, 0.1) is 13.2 Å². The first-order valence-electron chi connectivity index (χ1n) is 7.53. The second kappa shape index (κ2) is 12.1. The number of hydrogen-bond donors (Lipinski definition) is 0. The Morgan fingerprint density at radius 1 is 0.667 bits per heavy atom. The van der Waals surface area contributed by atoms with Crippen LogP contribution in [0.15, 0.2) is 12.2 Å². The Balaban J connectivity index is 3.94. The molecule has 0 aliphatic rings. The van der Waals surface area contributed by atoms with Gasteiger partial charge in [0, 0.05) is 12.2 Å². The molecule has 8 nitrogen and oxygen atoms in total. The molecule has 8 heteroatoms. The quantitative estimate of drug-likeness (QED) is 0.329. The lowest BCUT2D eigenvalue weighted by Crippen LogP contribution is -2.18. The van der Waals surface area contributed by atoms with Gasteiger partial charge < -0.3 is 18.9 Å². The summed E-state index contributed by atoms with van der Waals surface area (Å²) in [4.78, 5) is 45.0. The van der Waals surface area contributed by atoms with Crippen molar-refractivity contribution in [3.8, 4) is 0 Å². The van der Waals surface area contributed by atoms with Gasteiger partial charge in [-0.25, -0.2) is 19.2 Å². The molecule has 0 atom stereocenters. The van der Waals surface area contributed by atoms with Crippen LogP contribution in [0, 0.1) is 11.8 Å². The zero-order valence-corrected chi connectivity index (χ0v) is 14.4. The van der Waals surface area contributed by atoms with E-state index in [4.69, 9.17) is 9.47 Å². The Morgan fingerprint density at radius 3 is 1.29 bits per heavy atom. The first-order valence-corrected chi connectivity index (χ1v) is 7.53. The summed E-state index contributed by atoms with van der Waals surface area (Å²) in [6.07, 6.45) is 1.58. The lowest BCUT2D eigenvalue weighted by molar-refractivity contribution is -0.157. The molecule has 0 saturated heterocycles. The van der Waals surface area contributed by atoms with E-state index in [0.717, 1.165) is 12.2 Å². The van der Waals surface area contributed by atoms with Crippen molar-refractivity contribution in [3.05, 3.63) is 12.2 Å². The minimum Gasteiger partial charge on any atom is -0.463 e. The Labute approximate surface area is 141 Å². The molecule has 0 N–H and O–H groups in total. The molecule has 0 aliphatic heterocycles. The minimum atomic E-state index is -0.907. The fourth-order valence-electron chi connectivity index (χ4n) is 1.09. The zero-order chi connectivity index (χ0) is 18.5. The van der Waals surface area contributed by atoms with E-state index < -0.39 is 37.1 Å². The van der Waals surface area contributed by atoms with Gasteiger partial charge in [0.1, 0.15) is 0 Å². The van der Waals surface area contributed by atoms with E-state index in [0.29, 0.717) is 0 Å². The Hall–Kier alpha value is -2.38. The van der Waals surface area contributed by atoms with Gasteiger partial charge >= 0.3 is 23.9 Å². The summed E-state index contributed by atoms with van der Waals surface area (Å²) in [5.41, 5.74) is 0. The second-order valence-electron chi connectivity index (χ2n) is 5.70. The summed E-state index contributed by atoms with van der Waals surface area (Å²) in [7, 11) is 0. The van der Waals surface area contributed by atoms with Gasteiger partial charge in [-0.2, -0.15) is 0 Å². The highest BCUT2D eigenvalue weighted by atomic mass is 16.6. The monoisotopic (exact) mass is 344 g/mol. The first kappa shape index (κ1) is 21.6. The summed E-state index contributed by atoms with van der Waals surface area (Å²) in [6, 6.07) is 0. The average molecular weight is 344 g/mol. The third-order valence-corrected chi connectivity index (χ3v) is 2.18. The SMILES string of the molecule is CC(C)COC(=O)COC(=O)/C=C/C(=O)OCC(=O)OCC(C)C. The van der Waals surface area contributed by atoms with E-state index in [2.05, 4.69) is 9.47 Å². The standard InChI is InChI=1S/C16H24O8/c1-11(2)7-21-15(19)9-23-13(17)5-6-14(18)24-10-16(20)22-8-12(3)4/h5-6,11-12H,7-10H2,1-4H3/b6-5+. The van der Waals surface area contributed by atoms with Crippen molar-refractivity contribution in [1.82, 2.24) is 0 Å².